The monoisotopic (exact) mass is 644 g/mol. The van der Waals surface area contributed by atoms with Gasteiger partial charge in [0.25, 0.3) is 0 Å². The number of para-hydroxylation sites is 3. The molecule has 0 unspecified atom stereocenters. The Labute approximate surface area is 296 Å². The minimum atomic E-state index is -0.139. The molecule has 0 atom stereocenters. The maximum absolute atomic E-state index is 2.40. The summed E-state index contributed by atoms with van der Waals surface area (Å²) in [5.41, 5.74) is 15.7. The molecule has 8 rings (SSSR count). The van der Waals surface area contributed by atoms with E-state index in [9.17, 15) is 0 Å². The van der Waals surface area contributed by atoms with Gasteiger partial charge in [0.15, 0.2) is 0 Å². The van der Waals surface area contributed by atoms with Crippen LogP contribution in [0.4, 0.5) is 34.1 Å². The second-order valence-corrected chi connectivity index (χ2v) is 13.6. The first kappa shape index (κ1) is 31.2. The summed E-state index contributed by atoms with van der Waals surface area (Å²) in [6.07, 6.45) is 4.45. The average Bonchev–Trinajstić information content (AvgIpc) is 3.38. The van der Waals surface area contributed by atoms with Crippen LogP contribution in [-0.2, 0) is 5.41 Å². The summed E-state index contributed by atoms with van der Waals surface area (Å²) >= 11 is 0. The molecule has 0 bridgehead atoms. The van der Waals surface area contributed by atoms with E-state index in [2.05, 4.69) is 219 Å². The van der Waals surface area contributed by atoms with Crippen molar-refractivity contribution in [2.45, 2.75) is 26.2 Å². The largest absolute Gasteiger partial charge is 0.311 e. The lowest BCUT2D eigenvalue weighted by molar-refractivity contribution is 0.660. The Hall–Kier alpha value is -6.12. The van der Waals surface area contributed by atoms with Gasteiger partial charge in [0, 0.05) is 39.5 Å². The second kappa shape index (κ2) is 13.1. The van der Waals surface area contributed by atoms with Crippen LogP contribution in [0.5, 0.6) is 0 Å². The summed E-state index contributed by atoms with van der Waals surface area (Å²) < 4.78 is 0. The minimum absolute atomic E-state index is 0.139. The second-order valence-electron chi connectivity index (χ2n) is 13.6. The molecule has 0 heterocycles. The third-order valence-corrected chi connectivity index (χ3v) is 9.86. The smallest absolute Gasteiger partial charge is 0.0465 e. The maximum atomic E-state index is 2.40. The molecule has 0 fully saturated rings. The average molecular weight is 645 g/mol. The molecule has 2 heteroatoms. The molecule has 0 N–H and O–H groups in total. The Morgan fingerprint density at radius 3 is 1.38 bits per heavy atom. The molecule has 1 aliphatic rings. The van der Waals surface area contributed by atoms with Gasteiger partial charge in [-0.2, -0.15) is 0 Å². The number of hydrogen-bond donors (Lipinski definition) is 0. The van der Waals surface area contributed by atoms with Crippen LogP contribution >= 0.6 is 0 Å². The predicted molar refractivity (Wildman–Crippen MR) is 213 cm³/mol. The minimum Gasteiger partial charge on any atom is -0.311 e. The quantitative estimate of drug-likeness (QED) is 0.152. The Morgan fingerprint density at radius 2 is 0.800 bits per heavy atom. The Kier molecular flexibility index (Phi) is 8.14. The van der Waals surface area contributed by atoms with E-state index in [1.54, 1.807) is 0 Å². The Bertz CT molecular complexity index is 2250. The molecular formula is C48H40N2. The number of anilines is 6. The van der Waals surface area contributed by atoms with Crippen LogP contribution in [0, 0.1) is 6.92 Å². The van der Waals surface area contributed by atoms with E-state index in [1.807, 2.05) is 0 Å². The van der Waals surface area contributed by atoms with Gasteiger partial charge in [0.2, 0.25) is 0 Å². The fourth-order valence-corrected chi connectivity index (χ4v) is 7.31. The summed E-state index contributed by atoms with van der Waals surface area (Å²) in [5.74, 6) is 0. The molecule has 0 spiro atoms. The number of aryl methyl sites for hydroxylation is 1. The topological polar surface area (TPSA) is 6.48 Å². The molecule has 7 aromatic rings. The van der Waals surface area contributed by atoms with Crippen molar-refractivity contribution in [2.75, 3.05) is 9.80 Å². The van der Waals surface area contributed by atoms with Crippen molar-refractivity contribution in [3.63, 3.8) is 0 Å². The summed E-state index contributed by atoms with van der Waals surface area (Å²) in [6.45, 7) is 6.87. The standard InChI is InChI=1S/C48H40N2/c1-35-14-13-21-42(32-35)50(40-19-11-6-12-20-40)43-29-31-45-44-30-26-37(33-46(44)48(2,3)47(45)34-43)23-22-36-24-27-41(28-25-36)49(38-15-7-4-8-16-38)39-17-9-5-10-18-39/h4-34H,1-3H3/b23-22+. The van der Waals surface area contributed by atoms with Crippen LogP contribution in [0.2, 0.25) is 0 Å². The lowest BCUT2D eigenvalue weighted by Crippen LogP contribution is -2.16. The summed E-state index contributed by atoms with van der Waals surface area (Å²) in [4.78, 5) is 4.66. The van der Waals surface area contributed by atoms with E-state index in [0.29, 0.717) is 0 Å². The van der Waals surface area contributed by atoms with Gasteiger partial charge in [-0.05, 0) is 119 Å². The molecule has 50 heavy (non-hydrogen) atoms. The zero-order valence-corrected chi connectivity index (χ0v) is 28.8. The summed E-state index contributed by atoms with van der Waals surface area (Å²) in [5, 5.41) is 0. The zero-order chi connectivity index (χ0) is 34.1. The van der Waals surface area contributed by atoms with Crippen LogP contribution in [0.3, 0.4) is 0 Å². The third kappa shape index (κ3) is 5.90. The first-order chi connectivity index (χ1) is 24.5. The molecule has 0 aromatic heterocycles. The van der Waals surface area contributed by atoms with Crippen LogP contribution in [0.25, 0.3) is 23.3 Å². The van der Waals surface area contributed by atoms with E-state index in [-0.39, 0.29) is 5.41 Å². The van der Waals surface area contributed by atoms with Gasteiger partial charge in [0.1, 0.15) is 0 Å². The molecule has 7 aromatic carbocycles. The fraction of sp³-hybridized carbons (Fsp3) is 0.0833. The third-order valence-electron chi connectivity index (χ3n) is 9.86. The Balaban J connectivity index is 1.08. The van der Waals surface area contributed by atoms with Crippen molar-refractivity contribution in [2.24, 2.45) is 0 Å². The molecule has 0 saturated carbocycles. The highest BCUT2D eigenvalue weighted by atomic mass is 15.1. The molecule has 242 valence electrons. The molecule has 0 radical (unpaired) electrons. The number of rotatable bonds is 8. The van der Waals surface area contributed by atoms with E-state index < -0.39 is 0 Å². The van der Waals surface area contributed by atoms with Crippen LogP contribution < -0.4 is 9.80 Å². The zero-order valence-electron chi connectivity index (χ0n) is 28.8. The van der Waals surface area contributed by atoms with Gasteiger partial charge in [-0.15, -0.1) is 0 Å². The molecule has 0 amide bonds. The fourth-order valence-electron chi connectivity index (χ4n) is 7.31. The van der Waals surface area contributed by atoms with Crippen molar-refractivity contribution >= 4 is 46.3 Å². The van der Waals surface area contributed by atoms with E-state index in [1.165, 1.54) is 44.6 Å². The molecule has 0 saturated heterocycles. The van der Waals surface area contributed by atoms with Gasteiger partial charge in [-0.3, -0.25) is 0 Å². The maximum Gasteiger partial charge on any atom is 0.0465 e. The first-order valence-corrected chi connectivity index (χ1v) is 17.4. The van der Waals surface area contributed by atoms with E-state index >= 15 is 0 Å². The SMILES string of the molecule is Cc1cccc(N(c2ccccc2)c2ccc3c(c2)C(C)(C)c2cc(/C=C/c4ccc(N(c5ccccc5)c5ccccc5)cc4)ccc2-3)c1. The summed E-state index contributed by atoms with van der Waals surface area (Å²) in [6, 6.07) is 63.2. The van der Waals surface area contributed by atoms with Gasteiger partial charge < -0.3 is 9.80 Å². The number of benzene rings is 7. The molecule has 1 aliphatic carbocycles. The molecule has 0 aliphatic heterocycles. The number of nitrogens with zero attached hydrogens (tertiary/aromatic N) is 2. The molecular weight excluding hydrogens is 605 g/mol. The highest BCUT2D eigenvalue weighted by Crippen LogP contribution is 2.51. The predicted octanol–water partition coefficient (Wildman–Crippen LogP) is 13.4. The van der Waals surface area contributed by atoms with Gasteiger partial charge in [-0.1, -0.05) is 129 Å². The highest BCUT2D eigenvalue weighted by Gasteiger charge is 2.36. The van der Waals surface area contributed by atoms with E-state index in [0.717, 1.165) is 28.4 Å². The van der Waals surface area contributed by atoms with Crippen molar-refractivity contribution in [1.29, 1.82) is 0 Å². The number of fused-ring (bicyclic) bond motifs is 3. The van der Waals surface area contributed by atoms with Crippen molar-refractivity contribution in [3.8, 4) is 11.1 Å². The number of hydrogen-bond acceptors (Lipinski definition) is 2. The Morgan fingerprint density at radius 1 is 0.380 bits per heavy atom. The van der Waals surface area contributed by atoms with Crippen LogP contribution in [-0.4, -0.2) is 0 Å². The molecule has 2 nitrogen and oxygen atoms in total. The normalized spacial score (nSPS) is 12.8. The van der Waals surface area contributed by atoms with Crippen molar-refractivity contribution in [1.82, 2.24) is 0 Å². The summed E-state index contributed by atoms with van der Waals surface area (Å²) in [7, 11) is 0. The van der Waals surface area contributed by atoms with Crippen molar-refractivity contribution in [3.05, 3.63) is 204 Å². The van der Waals surface area contributed by atoms with E-state index in [4.69, 9.17) is 0 Å². The van der Waals surface area contributed by atoms with Gasteiger partial charge >= 0.3 is 0 Å². The lowest BCUT2D eigenvalue weighted by Gasteiger charge is -2.28. The highest BCUT2D eigenvalue weighted by molar-refractivity contribution is 5.87. The van der Waals surface area contributed by atoms with Gasteiger partial charge in [0.05, 0.1) is 0 Å². The van der Waals surface area contributed by atoms with Gasteiger partial charge in [-0.25, -0.2) is 0 Å². The van der Waals surface area contributed by atoms with Crippen LogP contribution in [0.1, 0.15) is 41.7 Å². The van der Waals surface area contributed by atoms with Crippen LogP contribution in [0.15, 0.2) is 176 Å². The lowest BCUT2D eigenvalue weighted by atomic mass is 9.81. The van der Waals surface area contributed by atoms with Crippen molar-refractivity contribution < 1.29 is 0 Å². The first-order valence-electron chi connectivity index (χ1n) is 17.4.